The Morgan fingerprint density at radius 3 is 1.01 bits per heavy atom. The van der Waals surface area contributed by atoms with Crippen LogP contribution in [0, 0.1) is 0 Å². The van der Waals surface area contributed by atoms with Crippen LogP contribution in [0.2, 0.25) is 0 Å². The van der Waals surface area contributed by atoms with E-state index in [1.54, 1.807) is 0 Å². The van der Waals surface area contributed by atoms with Gasteiger partial charge in [-0.2, -0.15) is 0 Å². The quantitative estimate of drug-likeness (QED) is 0.0262. The van der Waals surface area contributed by atoms with E-state index >= 15 is 0 Å². The second-order valence-electron chi connectivity index (χ2n) is 18.5. The molecule has 0 bridgehead atoms. The third kappa shape index (κ3) is 54.9. The van der Waals surface area contributed by atoms with Crippen LogP contribution < -0.4 is 0 Å². The molecule has 392 valence electrons. The topological polar surface area (TPSA) is 78.9 Å². The lowest BCUT2D eigenvalue weighted by Gasteiger charge is -2.18. The summed E-state index contributed by atoms with van der Waals surface area (Å²) in [5, 5.41) is 0. The monoisotopic (exact) mass is 957 g/mol. The zero-order chi connectivity index (χ0) is 50.0. The van der Waals surface area contributed by atoms with Gasteiger partial charge in [-0.05, 0) is 89.9 Å². The highest BCUT2D eigenvalue weighted by atomic mass is 16.6. The van der Waals surface area contributed by atoms with E-state index in [0.29, 0.717) is 19.3 Å². The van der Waals surface area contributed by atoms with Crippen molar-refractivity contribution in [2.45, 2.75) is 258 Å². The van der Waals surface area contributed by atoms with Crippen molar-refractivity contribution < 1.29 is 28.6 Å². The van der Waals surface area contributed by atoms with E-state index < -0.39 is 6.10 Å². The summed E-state index contributed by atoms with van der Waals surface area (Å²) in [6.45, 7) is 6.40. The largest absolute Gasteiger partial charge is 0.462 e. The Morgan fingerprint density at radius 1 is 0.304 bits per heavy atom. The summed E-state index contributed by atoms with van der Waals surface area (Å²) < 4.78 is 16.7. The van der Waals surface area contributed by atoms with Gasteiger partial charge in [0.05, 0.1) is 0 Å². The molecule has 0 saturated carbocycles. The molecule has 0 aromatic carbocycles. The zero-order valence-corrected chi connectivity index (χ0v) is 44.8. The average Bonchev–Trinajstić information content (AvgIpc) is 3.35. The fraction of sp³-hybridized carbons (Fsp3) is 0.667. The molecule has 69 heavy (non-hydrogen) atoms. The van der Waals surface area contributed by atoms with Crippen LogP contribution in [0.3, 0.4) is 0 Å². The Hall–Kier alpha value is -3.93. The Morgan fingerprint density at radius 2 is 0.609 bits per heavy atom. The number of unbranched alkanes of at least 4 members (excludes halogenated alkanes) is 21. The molecule has 0 aromatic heterocycles. The summed E-state index contributed by atoms with van der Waals surface area (Å²) in [5.74, 6) is -1.06. The number of carbonyl (C=O) groups is 3. The molecule has 0 N–H and O–H groups in total. The number of esters is 3. The third-order valence-corrected chi connectivity index (χ3v) is 11.8. The van der Waals surface area contributed by atoms with E-state index in [9.17, 15) is 14.4 Å². The predicted molar refractivity (Wildman–Crippen MR) is 297 cm³/mol. The predicted octanol–water partition coefficient (Wildman–Crippen LogP) is 19.1. The van der Waals surface area contributed by atoms with Gasteiger partial charge in [0.2, 0.25) is 0 Å². The van der Waals surface area contributed by atoms with Crippen molar-refractivity contribution >= 4 is 17.9 Å². The maximum absolute atomic E-state index is 12.8. The van der Waals surface area contributed by atoms with E-state index in [-0.39, 0.29) is 44.0 Å². The zero-order valence-electron chi connectivity index (χ0n) is 44.8. The van der Waals surface area contributed by atoms with Gasteiger partial charge in [-0.1, -0.05) is 252 Å². The first-order valence-corrected chi connectivity index (χ1v) is 28.4. The highest BCUT2D eigenvalue weighted by Gasteiger charge is 2.19. The lowest BCUT2D eigenvalue weighted by molar-refractivity contribution is -0.166. The van der Waals surface area contributed by atoms with E-state index in [0.717, 1.165) is 77.0 Å². The van der Waals surface area contributed by atoms with Crippen molar-refractivity contribution in [2.24, 2.45) is 0 Å². The van der Waals surface area contributed by atoms with Crippen LogP contribution in [-0.4, -0.2) is 37.2 Å². The molecule has 0 amide bonds. The SMILES string of the molecule is CC/C=C\C/C=C\C/C=C\C/C=C\C/C=C\CCC(=O)OCC(COC(=O)CCCCCCCCCCCCCCCCCCCC)OC(=O)CCC/C=C\C/C=C\C/C=C\C/C=C\CCCCC. The fourth-order valence-electron chi connectivity index (χ4n) is 7.54. The first kappa shape index (κ1) is 65.1. The molecule has 0 rings (SSSR count). The van der Waals surface area contributed by atoms with Gasteiger partial charge >= 0.3 is 17.9 Å². The number of carbonyl (C=O) groups excluding carboxylic acids is 3. The molecule has 0 radical (unpaired) electrons. The summed E-state index contributed by atoms with van der Waals surface area (Å²) >= 11 is 0. The smallest absolute Gasteiger partial charge is 0.306 e. The average molecular weight is 958 g/mol. The maximum Gasteiger partial charge on any atom is 0.306 e. The van der Waals surface area contributed by atoms with Gasteiger partial charge in [-0.3, -0.25) is 14.4 Å². The normalized spacial score (nSPS) is 12.9. The van der Waals surface area contributed by atoms with Crippen molar-refractivity contribution in [3.63, 3.8) is 0 Å². The van der Waals surface area contributed by atoms with Gasteiger partial charge in [-0.25, -0.2) is 0 Å². The molecule has 0 aromatic rings. The Kier molecular flexibility index (Phi) is 53.4. The van der Waals surface area contributed by atoms with Gasteiger partial charge in [0.25, 0.3) is 0 Å². The third-order valence-electron chi connectivity index (χ3n) is 11.8. The summed E-state index contributed by atoms with van der Waals surface area (Å²) in [4.78, 5) is 38.1. The number of ether oxygens (including phenoxy) is 3. The first-order valence-electron chi connectivity index (χ1n) is 28.4. The molecule has 0 aliphatic heterocycles. The van der Waals surface area contributed by atoms with Crippen molar-refractivity contribution in [3.05, 3.63) is 109 Å². The summed E-state index contributed by atoms with van der Waals surface area (Å²) in [5.41, 5.74) is 0. The maximum atomic E-state index is 12.8. The minimum Gasteiger partial charge on any atom is -0.462 e. The molecule has 6 heteroatoms. The second-order valence-corrected chi connectivity index (χ2v) is 18.5. The molecule has 0 fully saturated rings. The molecule has 0 saturated heterocycles. The van der Waals surface area contributed by atoms with Gasteiger partial charge in [-0.15, -0.1) is 0 Å². The molecular weight excluding hydrogens is 853 g/mol. The lowest BCUT2D eigenvalue weighted by atomic mass is 10.0. The molecular formula is C63H104O6. The van der Waals surface area contributed by atoms with Crippen LogP contribution in [0.1, 0.15) is 252 Å². The van der Waals surface area contributed by atoms with Crippen LogP contribution in [0.25, 0.3) is 0 Å². The summed E-state index contributed by atoms with van der Waals surface area (Å²) in [6.07, 6.45) is 76.7. The van der Waals surface area contributed by atoms with Gasteiger partial charge < -0.3 is 14.2 Å². The highest BCUT2D eigenvalue weighted by Crippen LogP contribution is 2.15. The van der Waals surface area contributed by atoms with Crippen LogP contribution in [0.15, 0.2) is 109 Å². The van der Waals surface area contributed by atoms with Crippen molar-refractivity contribution in [2.75, 3.05) is 13.2 Å². The van der Waals surface area contributed by atoms with Crippen LogP contribution in [-0.2, 0) is 28.6 Å². The number of hydrogen-bond acceptors (Lipinski definition) is 6. The Labute approximate surface area is 425 Å². The standard InChI is InChI=1S/C63H104O6/c1-4-7-10-13-16-19-22-25-28-31-33-35-38-41-44-47-50-53-56-62(65)68-59-60(58-67-61(64)55-52-49-46-43-40-37-34-30-27-24-21-18-15-12-9-6-3)69-63(66)57-54-51-48-45-42-39-36-32-29-26-23-20-17-14-11-8-5-2/h9,12,17-18,20-21,26-27,29-30,36-37,39-40,45-46,48-49,60H,4-8,10-11,13-16,19,22-25,28,31-35,38,41-44,47,50-59H2,1-3H3/b12-9-,20-17-,21-18-,29-26-,30-27-,39-36-,40-37-,48-45-,49-46-. The van der Waals surface area contributed by atoms with E-state index in [1.807, 2.05) is 12.2 Å². The van der Waals surface area contributed by atoms with E-state index in [2.05, 4.69) is 118 Å². The molecule has 0 aliphatic rings. The van der Waals surface area contributed by atoms with Gasteiger partial charge in [0, 0.05) is 19.3 Å². The minimum atomic E-state index is -0.837. The highest BCUT2D eigenvalue weighted by molar-refractivity contribution is 5.71. The molecule has 6 nitrogen and oxygen atoms in total. The second kappa shape index (κ2) is 56.7. The Balaban J connectivity index is 4.55. The number of allylic oxidation sites excluding steroid dienone is 18. The molecule has 0 heterocycles. The summed E-state index contributed by atoms with van der Waals surface area (Å²) in [6, 6.07) is 0. The first-order chi connectivity index (χ1) is 34.0. The molecule has 1 atom stereocenters. The molecule has 0 spiro atoms. The summed E-state index contributed by atoms with van der Waals surface area (Å²) in [7, 11) is 0. The van der Waals surface area contributed by atoms with Crippen LogP contribution in [0.4, 0.5) is 0 Å². The number of hydrogen-bond donors (Lipinski definition) is 0. The van der Waals surface area contributed by atoms with E-state index in [4.69, 9.17) is 14.2 Å². The number of rotatable bonds is 50. The van der Waals surface area contributed by atoms with Crippen molar-refractivity contribution in [1.29, 1.82) is 0 Å². The van der Waals surface area contributed by atoms with Crippen LogP contribution in [0.5, 0.6) is 0 Å². The fourth-order valence-corrected chi connectivity index (χ4v) is 7.54. The minimum absolute atomic E-state index is 0.122. The van der Waals surface area contributed by atoms with Crippen LogP contribution >= 0.6 is 0 Å². The molecule has 0 aliphatic carbocycles. The van der Waals surface area contributed by atoms with Crippen molar-refractivity contribution in [3.8, 4) is 0 Å². The molecule has 1 unspecified atom stereocenters. The van der Waals surface area contributed by atoms with Crippen molar-refractivity contribution in [1.82, 2.24) is 0 Å². The Bertz CT molecular complexity index is 1420. The van der Waals surface area contributed by atoms with E-state index in [1.165, 1.54) is 122 Å². The lowest BCUT2D eigenvalue weighted by Crippen LogP contribution is -2.30. The van der Waals surface area contributed by atoms with Gasteiger partial charge in [0.15, 0.2) is 6.10 Å². The van der Waals surface area contributed by atoms with Gasteiger partial charge in [0.1, 0.15) is 13.2 Å².